The Morgan fingerprint density at radius 2 is 1.95 bits per heavy atom. The van der Waals surface area contributed by atoms with Gasteiger partial charge in [0.1, 0.15) is 16.8 Å². The lowest BCUT2D eigenvalue weighted by Gasteiger charge is -2.04. The molecule has 3 nitrogen and oxygen atoms in total. The Kier molecular flexibility index (Phi) is 4.11. The van der Waals surface area contributed by atoms with E-state index in [-0.39, 0.29) is 17.0 Å². The lowest BCUT2D eigenvalue weighted by Crippen LogP contribution is -2.08. The van der Waals surface area contributed by atoms with Gasteiger partial charge in [0, 0.05) is 19.0 Å². The number of carbonyl (C=O) groups excluding carboxylic acids is 1. The Balaban J connectivity index is 2.36. The summed E-state index contributed by atoms with van der Waals surface area (Å²) in [5, 5.41) is 3.99. The molecule has 20 heavy (non-hydrogen) atoms. The van der Waals surface area contributed by atoms with Crippen LogP contribution >= 0.6 is 23.2 Å². The molecule has 0 N–H and O–H groups in total. The summed E-state index contributed by atoms with van der Waals surface area (Å²) in [5.74, 6) is -2.29. The summed E-state index contributed by atoms with van der Waals surface area (Å²) in [6.07, 6.45) is -0.156. The van der Waals surface area contributed by atoms with Gasteiger partial charge in [0.05, 0.1) is 16.3 Å². The van der Waals surface area contributed by atoms with Crippen LogP contribution in [0.2, 0.25) is 10.2 Å². The van der Waals surface area contributed by atoms with Gasteiger partial charge >= 0.3 is 0 Å². The van der Waals surface area contributed by atoms with Crippen LogP contribution in [0, 0.1) is 18.6 Å². The van der Waals surface area contributed by atoms with E-state index in [9.17, 15) is 13.6 Å². The number of benzene rings is 1. The second-order valence-corrected chi connectivity index (χ2v) is 5.09. The first-order valence-electron chi connectivity index (χ1n) is 5.67. The topological polar surface area (TPSA) is 34.9 Å². The average Bonchev–Trinajstić information content (AvgIpc) is 2.60. The summed E-state index contributed by atoms with van der Waals surface area (Å²) in [6, 6.07) is 1.57. The highest BCUT2D eigenvalue weighted by Crippen LogP contribution is 2.24. The average molecular weight is 319 g/mol. The summed E-state index contributed by atoms with van der Waals surface area (Å²) < 4.78 is 28.4. The van der Waals surface area contributed by atoms with Gasteiger partial charge in [-0.2, -0.15) is 5.10 Å². The van der Waals surface area contributed by atoms with Crippen LogP contribution in [0.1, 0.15) is 21.6 Å². The molecule has 1 heterocycles. The molecule has 106 valence electrons. The number of aryl methyl sites for hydroxylation is 2. The molecule has 2 rings (SSSR count). The number of halogens is 4. The van der Waals surface area contributed by atoms with E-state index in [1.165, 1.54) is 4.68 Å². The van der Waals surface area contributed by atoms with Crippen molar-refractivity contribution in [3.8, 4) is 0 Å². The van der Waals surface area contributed by atoms with Crippen LogP contribution in [-0.4, -0.2) is 15.6 Å². The minimum Gasteiger partial charge on any atom is -0.294 e. The summed E-state index contributed by atoms with van der Waals surface area (Å²) in [7, 11) is 1.63. The number of aromatic nitrogens is 2. The van der Waals surface area contributed by atoms with E-state index in [0.29, 0.717) is 16.4 Å². The fourth-order valence-electron chi connectivity index (χ4n) is 1.87. The van der Waals surface area contributed by atoms with Crippen molar-refractivity contribution < 1.29 is 13.6 Å². The SMILES string of the molecule is Cc1nn(C)c(Cl)c1CC(=O)c1cc(F)c(Cl)cc1F. The van der Waals surface area contributed by atoms with Crippen molar-refractivity contribution in [1.29, 1.82) is 0 Å². The van der Waals surface area contributed by atoms with Gasteiger partial charge in [0.15, 0.2) is 5.78 Å². The van der Waals surface area contributed by atoms with Gasteiger partial charge < -0.3 is 0 Å². The van der Waals surface area contributed by atoms with E-state index in [1.54, 1.807) is 14.0 Å². The molecule has 0 aliphatic rings. The van der Waals surface area contributed by atoms with E-state index in [1.807, 2.05) is 0 Å². The number of carbonyl (C=O) groups is 1. The molecule has 0 fully saturated rings. The predicted octanol–water partition coefficient (Wildman–Crippen LogP) is 3.74. The van der Waals surface area contributed by atoms with Crippen molar-refractivity contribution in [2.45, 2.75) is 13.3 Å². The molecule has 1 aromatic heterocycles. The molecule has 0 radical (unpaired) electrons. The van der Waals surface area contributed by atoms with Crippen molar-refractivity contribution in [3.05, 3.63) is 50.8 Å². The zero-order chi connectivity index (χ0) is 15.0. The Bertz CT molecular complexity index is 698. The Labute approximate surface area is 124 Å². The maximum Gasteiger partial charge on any atom is 0.170 e. The second-order valence-electron chi connectivity index (χ2n) is 4.32. The third-order valence-corrected chi connectivity index (χ3v) is 3.68. The molecule has 0 saturated heterocycles. The fourth-order valence-corrected chi connectivity index (χ4v) is 2.26. The Hall–Kier alpha value is -1.46. The van der Waals surface area contributed by atoms with Gasteiger partial charge in [-0.3, -0.25) is 9.48 Å². The highest BCUT2D eigenvalue weighted by molar-refractivity contribution is 6.31. The largest absolute Gasteiger partial charge is 0.294 e. The molecular weight excluding hydrogens is 309 g/mol. The molecule has 0 spiro atoms. The zero-order valence-corrected chi connectivity index (χ0v) is 12.2. The summed E-state index contributed by atoms with van der Waals surface area (Å²) in [6.45, 7) is 1.69. The molecule has 2 aromatic rings. The van der Waals surface area contributed by atoms with Crippen molar-refractivity contribution in [2.24, 2.45) is 7.05 Å². The predicted molar refractivity (Wildman–Crippen MR) is 72.4 cm³/mol. The number of nitrogens with zero attached hydrogens (tertiary/aromatic N) is 2. The Morgan fingerprint density at radius 1 is 1.30 bits per heavy atom. The van der Waals surface area contributed by atoms with E-state index in [2.05, 4.69) is 5.10 Å². The smallest absolute Gasteiger partial charge is 0.170 e. The maximum atomic E-state index is 13.7. The first kappa shape index (κ1) is 14.9. The van der Waals surface area contributed by atoms with Crippen LogP contribution in [0.25, 0.3) is 0 Å². The molecule has 0 bridgehead atoms. The van der Waals surface area contributed by atoms with Crippen molar-refractivity contribution >= 4 is 29.0 Å². The van der Waals surface area contributed by atoms with Crippen LogP contribution in [0.15, 0.2) is 12.1 Å². The second kappa shape index (κ2) is 5.50. The van der Waals surface area contributed by atoms with Crippen molar-refractivity contribution in [2.75, 3.05) is 0 Å². The van der Waals surface area contributed by atoms with E-state index < -0.39 is 17.4 Å². The normalized spacial score (nSPS) is 10.9. The first-order valence-corrected chi connectivity index (χ1v) is 6.42. The van der Waals surface area contributed by atoms with Gasteiger partial charge in [0.25, 0.3) is 0 Å². The fraction of sp³-hybridized carbons (Fsp3) is 0.231. The van der Waals surface area contributed by atoms with Crippen LogP contribution in [-0.2, 0) is 13.5 Å². The van der Waals surface area contributed by atoms with Crippen LogP contribution in [0.3, 0.4) is 0 Å². The number of hydrogen-bond donors (Lipinski definition) is 0. The van der Waals surface area contributed by atoms with Gasteiger partial charge in [0.2, 0.25) is 0 Å². The molecular formula is C13H10Cl2F2N2O. The van der Waals surface area contributed by atoms with E-state index >= 15 is 0 Å². The molecule has 0 unspecified atom stereocenters. The summed E-state index contributed by atoms with van der Waals surface area (Å²) in [5.41, 5.74) is 0.709. The summed E-state index contributed by atoms with van der Waals surface area (Å²) >= 11 is 11.4. The van der Waals surface area contributed by atoms with Crippen LogP contribution < -0.4 is 0 Å². The van der Waals surface area contributed by atoms with Gasteiger partial charge in [-0.1, -0.05) is 23.2 Å². The van der Waals surface area contributed by atoms with Crippen molar-refractivity contribution in [3.63, 3.8) is 0 Å². The zero-order valence-electron chi connectivity index (χ0n) is 10.7. The first-order chi connectivity index (χ1) is 9.31. The summed E-state index contributed by atoms with van der Waals surface area (Å²) in [4.78, 5) is 12.1. The number of ketones is 1. The van der Waals surface area contributed by atoms with Gasteiger partial charge in [-0.25, -0.2) is 8.78 Å². The molecule has 0 aliphatic carbocycles. The monoisotopic (exact) mass is 318 g/mol. The standard InChI is InChI=1S/C13H10Cl2F2N2O/c1-6-7(13(15)19(2)18-6)4-12(20)8-3-11(17)9(14)5-10(8)16/h3,5H,4H2,1-2H3. The number of hydrogen-bond acceptors (Lipinski definition) is 2. The van der Waals surface area contributed by atoms with Gasteiger partial charge in [-0.05, 0) is 19.1 Å². The number of rotatable bonds is 3. The molecule has 1 aromatic carbocycles. The molecule has 0 amide bonds. The lowest BCUT2D eigenvalue weighted by atomic mass is 10.0. The molecule has 0 saturated carbocycles. The van der Waals surface area contributed by atoms with Crippen LogP contribution in [0.4, 0.5) is 8.78 Å². The van der Waals surface area contributed by atoms with Crippen molar-refractivity contribution in [1.82, 2.24) is 9.78 Å². The Morgan fingerprint density at radius 3 is 2.50 bits per heavy atom. The lowest BCUT2D eigenvalue weighted by molar-refractivity contribution is 0.0988. The highest BCUT2D eigenvalue weighted by Gasteiger charge is 2.20. The molecule has 0 aliphatic heterocycles. The third kappa shape index (κ3) is 2.69. The third-order valence-electron chi connectivity index (χ3n) is 2.92. The minimum atomic E-state index is -0.862. The van der Waals surface area contributed by atoms with E-state index in [0.717, 1.165) is 12.1 Å². The quantitative estimate of drug-likeness (QED) is 0.638. The maximum absolute atomic E-state index is 13.7. The number of Topliss-reactive ketones (excluding diaryl/α,β-unsaturated/α-hetero) is 1. The molecule has 7 heteroatoms. The molecule has 0 atom stereocenters. The van der Waals surface area contributed by atoms with Gasteiger partial charge in [-0.15, -0.1) is 0 Å². The highest BCUT2D eigenvalue weighted by atomic mass is 35.5. The van der Waals surface area contributed by atoms with Crippen LogP contribution in [0.5, 0.6) is 0 Å². The van der Waals surface area contributed by atoms with E-state index in [4.69, 9.17) is 23.2 Å². The minimum absolute atomic E-state index is 0.156.